The van der Waals surface area contributed by atoms with Crippen LogP contribution in [0.3, 0.4) is 0 Å². The first-order valence-electron chi connectivity index (χ1n) is 5.53. The Morgan fingerprint density at radius 1 is 1.21 bits per heavy atom. The quantitative estimate of drug-likeness (QED) is 0.890. The molecule has 0 amide bonds. The summed E-state index contributed by atoms with van der Waals surface area (Å²) in [5.41, 5.74) is 0.504. The van der Waals surface area contributed by atoms with E-state index in [0.29, 0.717) is 23.2 Å². The van der Waals surface area contributed by atoms with Crippen molar-refractivity contribution in [2.24, 2.45) is 0 Å². The standard InChI is InChI=1S/C12H13ClN2O3S/c1-14-19(16,17)11-5-3-2-4-10(11)15-8-9-6-7-12(13)18-9/h2-7,14-15H,8H2,1H3. The molecule has 1 aromatic carbocycles. The third-order valence-electron chi connectivity index (χ3n) is 2.53. The second kappa shape index (κ2) is 5.64. The lowest BCUT2D eigenvalue weighted by atomic mass is 10.3. The Bertz CT molecular complexity index is 667. The number of halogens is 1. The summed E-state index contributed by atoms with van der Waals surface area (Å²) in [6.07, 6.45) is 0. The number of para-hydroxylation sites is 1. The molecular formula is C12H13ClN2O3S. The first-order valence-corrected chi connectivity index (χ1v) is 7.40. The Balaban J connectivity index is 2.21. The van der Waals surface area contributed by atoms with E-state index in [2.05, 4.69) is 10.0 Å². The topological polar surface area (TPSA) is 71.3 Å². The fourth-order valence-corrected chi connectivity index (χ4v) is 2.66. The van der Waals surface area contributed by atoms with Gasteiger partial charge in [-0.15, -0.1) is 0 Å². The number of nitrogens with one attached hydrogen (secondary N) is 2. The maximum atomic E-state index is 11.8. The van der Waals surface area contributed by atoms with Gasteiger partial charge in [0.15, 0.2) is 5.22 Å². The zero-order valence-electron chi connectivity index (χ0n) is 10.2. The molecule has 0 fully saturated rings. The highest BCUT2D eigenvalue weighted by atomic mass is 35.5. The van der Waals surface area contributed by atoms with Gasteiger partial charge in [-0.1, -0.05) is 12.1 Å². The van der Waals surface area contributed by atoms with Crippen LogP contribution in [0.5, 0.6) is 0 Å². The Morgan fingerprint density at radius 2 is 1.95 bits per heavy atom. The zero-order chi connectivity index (χ0) is 13.9. The lowest BCUT2D eigenvalue weighted by molar-refractivity contribution is 0.519. The summed E-state index contributed by atoms with van der Waals surface area (Å²) >= 11 is 5.67. The number of furan rings is 1. The summed E-state index contributed by atoms with van der Waals surface area (Å²) in [4.78, 5) is 0.190. The summed E-state index contributed by atoms with van der Waals surface area (Å²) in [6, 6.07) is 10.0. The molecule has 0 spiro atoms. The number of hydrogen-bond donors (Lipinski definition) is 2. The minimum atomic E-state index is -3.50. The van der Waals surface area contributed by atoms with Crippen molar-refractivity contribution < 1.29 is 12.8 Å². The smallest absolute Gasteiger partial charge is 0.242 e. The van der Waals surface area contributed by atoms with Gasteiger partial charge < -0.3 is 9.73 Å². The van der Waals surface area contributed by atoms with Crippen molar-refractivity contribution in [3.05, 3.63) is 47.4 Å². The summed E-state index contributed by atoms with van der Waals surface area (Å²) in [7, 11) is -2.12. The molecule has 0 aliphatic carbocycles. The lowest BCUT2D eigenvalue weighted by Crippen LogP contribution is -2.20. The monoisotopic (exact) mass is 300 g/mol. The average Bonchev–Trinajstić information content (AvgIpc) is 2.82. The molecular weight excluding hydrogens is 288 g/mol. The van der Waals surface area contributed by atoms with E-state index in [0.717, 1.165) is 0 Å². The minimum absolute atomic E-state index is 0.190. The van der Waals surface area contributed by atoms with Crippen molar-refractivity contribution in [3.63, 3.8) is 0 Å². The first kappa shape index (κ1) is 13.9. The predicted octanol–water partition coefficient (Wildman–Crippen LogP) is 2.45. The molecule has 0 unspecified atom stereocenters. The van der Waals surface area contributed by atoms with E-state index in [1.165, 1.54) is 13.1 Å². The molecule has 0 radical (unpaired) electrons. The van der Waals surface area contributed by atoms with Crippen molar-refractivity contribution in [2.45, 2.75) is 11.4 Å². The average molecular weight is 301 g/mol. The van der Waals surface area contributed by atoms with Gasteiger partial charge in [-0.05, 0) is 42.9 Å². The van der Waals surface area contributed by atoms with Crippen LogP contribution < -0.4 is 10.0 Å². The second-order valence-corrected chi connectivity index (χ2v) is 5.99. The summed E-state index contributed by atoms with van der Waals surface area (Å²) in [5.74, 6) is 0.627. The van der Waals surface area contributed by atoms with Crippen LogP contribution in [-0.4, -0.2) is 15.5 Å². The van der Waals surface area contributed by atoms with Gasteiger partial charge in [0.25, 0.3) is 0 Å². The van der Waals surface area contributed by atoms with Crippen molar-refractivity contribution >= 4 is 27.3 Å². The van der Waals surface area contributed by atoms with Gasteiger partial charge in [0.1, 0.15) is 10.7 Å². The highest BCUT2D eigenvalue weighted by Gasteiger charge is 2.15. The fraction of sp³-hybridized carbons (Fsp3) is 0.167. The summed E-state index contributed by atoms with van der Waals surface area (Å²) < 4.78 is 31.2. The molecule has 1 heterocycles. The van der Waals surface area contributed by atoms with Crippen LogP contribution in [0.15, 0.2) is 45.7 Å². The molecule has 0 saturated carbocycles. The van der Waals surface area contributed by atoms with E-state index in [-0.39, 0.29) is 4.90 Å². The molecule has 0 atom stereocenters. The number of benzene rings is 1. The molecule has 7 heteroatoms. The third kappa shape index (κ3) is 3.28. The number of sulfonamides is 1. The van der Waals surface area contributed by atoms with Gasteiger partial charge in [-0.25, -0.2) is 13.1 Å². The van der Waals surface area contributed by atoms with E-state index < -0.39 is 10.0 Å². The Hall–Kier alpha value is -1.50. The van der Waals surface area contributed by atoms with Crippen LogP contribution in [0.1, 0.15) is 5.76 Å². The molecule has 0 aliphatic heterocycles. The van der Waals surface area contributed by atoms with Crippen molar-refractivity contribution in [1.29, 1.82) is 0 Å². The molecule has 0 aliphatic rings. The molecule has 0 bridgehead atoms. The number of hydrogen-bond acceptors (Lipinski definition) is 4. The Morgan fingerprint density at radius 3 is 2.58 bits per heavy atom. The largest absolute Gasteiger partial charge is 0.448 e. The Kier molecular flexibility index (Phi) is 4.14. The van der Waals surface area contributed by atoms with Crippen LogP contribution in [0.2, 0.25) is 5.22 Å². The van der Waals surface area contributed by atoms with Crippen LogP contribution in [-0.2, 0) is 16.6 Å². The molecule has 5 nitrogen and oxygen atoms in total. The summed E-state index contributed by atoms with van der Waals surface area (Å²) in [5, 5.41) is 3.31. The molecule has 1 aromatic heterocycles. The van der Waals surface area contributed by atoms with E-state index in [4.69, 9.17) is 16.0 Å². The lowest BCUT2D eigenvalue weighted by Gasteiger charge is -2.10. The fourth-order valence-electron chi connectivity index (χ4n) is 1.59. The van der Waals surface area contributed by atoms with Gasteiger partial charge in [0, 0.05) is 0 Å². The molecule has 2 rings (SSSR count). The second-order valence-electron chi connectivity index (χ2n) is 3.76. The highest BCUT2D eigenvalue weighted by molar-refractivity contribution is 7.89. The Labute approximate surface area is 116 Å². The maximum Gasteiger partial charge on any atom is 0.242 e. The normalized spacial score (nSPS) is 11.5. The van der Waals surface area contributed by atoms with Crippen molar-refractivity contribution in [2.75, 3.05) is 12.4 Å². The summed E-state index contributed by atoms with van der Waals surface area (Å²) in [6.45, 7) is 0.350. The number of anilines is 1. The molecule has 2 N–H and O–H groups in total. The van der Waals surface area contributed by atoms with Crippen molar-refractivity contribution in [1.82, 2.24) is 4.72 Å². The van der Waals surface area contributed by atoms with E-state index in [1.807, 2.05) is 0 Å². The van der Waals surface area contributed by atoms with Gasteiger partial charge in [0.05, 0.1) is 12.2 Å². The third-order valence-corrected chi connectivity index (χ3v) is 4.20. The maximum absolute atomic E-state index is 11.8. The molecule has 102 valence electrons. The molecule has 0 saturated heterocycles. The SMILES string of the molecule is CNS(=O)(=O)c1ccccc1NCc1ccc(Cl)o1. The minimum Gasteiger partial charge on any atom is -0.448 e. The van der Waals surface area contributed by atoms with Gasteiger partial charge >= 0.3 is 0 Å². The van der Waals surface area contributed by atoms with Crippen molar-refractivity contribution in [3.8, 4) is 0 Å². The van der Waals surface area contributed by atoms with Crippen LogP contribution in [0.4, 0.5) is 5.69 Å². The highest BCUT2D eigenvalue weighted by Crippen LogP contribution is 2.22. The van der Waals surface area contributed by atoms with Gasteiger partial charge in [-0.2, -0.15) is 0 Å². The molecule has 19 heavy (non-hydrogen) atoms. The van der Waals surface area contributed by atoms with E-state index >= 15 is 0 Å². The van der Waals surface area contributed by atoms with E-state index in [9.17, 15) is 8.42 Å². The van der Waals surface area contributed by atoms with Crippen LogP contribution in [0, 0.1) is 0 Å². The predicted molar refractivity (Wildman–Crippen MR) is 73.7 cm³/mol. The number of rotatable bonds is 5. The molecule has 2 aromatic rings. The first-order chi connectivity index (χ1) is 9.03. The van der Waals surface area contributed by atoms with Gasteiger partial charge in [-0.3, -0.25) is 0 Å². The van der Waals surface area contributed by atoms with Crippen LogP contribution >= 0.6 is 11.6 Å². The van der Waals surface area contributed by atoms with Gasteiger partial charge in [0.2, 0.25) is 10.0 Å². The van der Waals surface area contributed by atoms with E-state index in [1.54, 1.807) is 30.3 Å². The van der Waals surface area contributed by atoms with Crippen LogP contribution in [0.25, 0.3) is 0 Å². The zero-order valence-corrected chi connectivity index (χ0v) is 11.8.